The average Bonchev–Trinajstić information content (AvgIpc) is 2.62. The van der Waals surface area contributed by atoms with Crippen LogP contribution < -0.4 is 0 Å². The highest BCUT2D eigenvalue weighted by atomic mass is 32.1. The van der Waals surface area contributed by atoms with Gasteiger partial charge in [0.25, 0.3) is 0 Å². The predicted octanol–water partition coefficient (Wildman–Crippen LogP) is 2.81. The maximum Gasteiger partial charge on any atom is 0.0995 e. The molecule has 2 aromatic rings. The summed E-state index contributed by atoms with van der Waals surface area (Å²) in [6.07, 6.45) is 4.72. The van der Waals surface area contributed by atoms with Crippen molar-refractivity contribution in [3.8, 4) is 0 Å². The molecule has 0 aliphatic rings. The largest absolute Gasteiger partial charge is 0.249 e. The van der Waals surface area contributed by atoms with Gasteiger partial charge in [0.1, 0.15) is 0 Å². The van der Waals surface area contributed by atoms with Crippen molar-refractivity contribution in [2.45, 2.75) is 20.3 Å². The summed E-state index contributed by atoms with van der Waals surface area (Å²) >= 11 is 3.49. The zero-order chi connectivity index (χ0) is 9.26. The average molecular weight is 210 g/mol. The Morgan fingerprint density at radius 2 is 1.46 bits per heavy atom. The molecule has 0 atom stereocenters. The Morgan fingerprint density at radius 1 is 1.00 bits per heavy atom. The van der Waals surface area contributed by atoms with E-state index in [1.54, 1.807) is 22.7 Å². The lowest BCUT2D eigenvalue weighted by Gasteiger charge is -1.88. The van der Waals surface area contributed by atoms with Crippen molar-refractivity contribution in [1.29, 1.82) is 0 Å². The van der Waals surface area contributed by atoms with E-state index in [9.17, 15) is 0 Å². The van der Waals surface area contributed by atoms with E-state index in [0.717, 1.165) is 16.4 Å². The molecule has 13 heavy (non-hydrogen) atoms. The summed E-state index contributed by atoms with van der Waals surface area (Å²) < 4.78 is 0. The topological polar surface area (TPSA) is 25.8 Å². The van der Waals surface area contributed by atoms with Crippen molar-refractivity contribution >= 4 is 22.7 Å². The van der Waals surface area contributed by atoms with Crippen molar-refractivity contribution in [3.63, 3.8) is 0 Å². The van der Waals surface area contributed by atoms with Crippen LogP contribution in [0.3, 0.4) is 0 Å². The molecule has 2 aromatic heterocycles. The maximum atomic E-state index is 4.31. The van der Waals surface area contributed by atoms with E-state index in [-0.39, 0.29) is 0 Å². The van der Waals surface area contributed by atoms with Crippen LogP contribution in [0.1, 0.15) is 19.8 Å². The Morgan fingerprint density at radius 3 is 1.77 bits per heavy atom. The van der Waals surface area contributed by atoms with Crippen LogP contribution in [0.25, 0.3) is 0 Å². The Hall–Kier alpha value is -0.740. The predicted molar refractivity (Wildman–Crippen MR) is 56.5 cm³/mol. The fraction of sp³-hybridized carbons (Fsp3) is 0.333. The third kappa shape index (κ3) is 2.14. The first-order valence-corrected chi connectivity index (χ1v) is 5.70. The number of aryl methyl sites for hydroxylation is 2. The molecule has 0 aromatic carbocycles. The van der Waals surface area contributed by atoms with Gasteiger partial charge in [-0.2, -0.15) is 0 Å². The number of nitrogens with zero attached hydrogens (tertiary/aromatic N) is 2. The molecule has 0 saturated heterocycles. The molecular formula is C9H10N2S2. The van der Waals surface area contributed by atoms with E-state index in [4.69, 9.17) is 0 Å². The van der Waals surface area contributed by atoms with Crippen LogP contribution >= 0.6 is 22.7 Å². The summed E-state index contributed by atoms with van der Waals surface area (Å²) in [5, 5.41) is 2.32. The van der Waals surface area contributed by atoms with Gasteiger partial charge in [0.05, 0.1) is 16.4 Å². The summed E-state index contributed by atoms with van der Waals surface area (Å²) in [4.78, 5) is 11.1. The molecule has 0 N–H and O–H groups in total. The van der Waals surface area contributed by atoms with Gasteiger partial charge in [0, 0.05) is 22.1 Å². The smallest absolute Gasteiger partial charge is 0.0995 e. The number of thiazole rings is 2. The van der Waals surface area contributed by atoms with E-state index in [1.807, 2.05) is 12.4 Å². The van der Waals surface area contributed by atoms with Crippen molar-refractivity contribution in [2.75, 3.05) is 0 Å². The molecule has 68 valence electrons. The molecule has 0 radical (unpaired) electrons. The molecular weight excluding hydrogens is 200 g/mol. The lowest BCUT2D eigenvalue weighted by Crippen LogP contribution is -1.83. The molecule has 0 aliphatic carbocycles. The first-order chi connectivity index (χ1) is 6.24. The number of hydrogen-bond donors (Lipinski definition) is 0. The second kappa shape index (κ2) is 3.55. The lowest BCUT2D eigenvalue weighted by molar-refractivity contribution is 1.10. The zero-order valence-corrected chi connectivity index (χ0v) is 9.21. The highest BCUT2D eigenvalue weighted by Gasteiger charge is 2.03. The molecule has 0 bridgehead atoms. The summed E-state index contributed by atoms with van der Waals surface area (Å²) in [5.41, 5.74) is 0. The van der Waals surface area contributed by atoms with Gasteiger partial charge in [0.15, 0.2) is 0 Å². The Kier molecular flexibility index (Phi) is 2.42. The second-order valence-corrected chi connectivity index (χ2v) is 5.54. The summed E-state index contributed by atoms with van der Waals surface area (Å²) in [6, 6.07) is 0. The number of aromatic nitrogens is 2. The molecule has 4 heteroatoms. The van der Waals surface area contributed by atoms with Crippen LogP contribution in [-0.2, 0) is 6.42 Å². The SMILES string of the molecule is Cc1cnc(Cc2ncc(C)s2)s1. The van der Waals surface area contributed by atoms with E-state index < -0.39 is 0 Å². The number of hydrogen-bond acceptors (Lipinski definition) is 4. The van der Waals surface area contributed by atoms with Crippen LogP contribution in [0, 0.1) is 13.8 Å². The van der Waals surface area contributed by atoms with Crippen molar-refractivity contribution in [3.05, 3.63) is 32.2 Å². The fourth-order valence-electron chi connectivity index (χ4n) is 1.10. The van der Waals surface area contributed by atoms with Gasteiger partial charge < -0.3 is 0 Å². The van der Waals surface area contributed by atoms with E-state index >= 15 is 0 Å². The maximum absolute atomic E-state index is 4.31. The molecule has 0 amide bonds. The molecule has 0 aliphatic heterocycles. The van der Waals surface area contributed by atoms with Crippen molar-refractivity contribution in [1.82, 2.24) is 9.97 Å². The molecule has 2 nitrogen and oxygen atoms in total. The first kappa shape index (κ1) is 8.84. The monoisotopic (exact) mass is 210 g/mol. The highest BCUT2D eigenvalue weighted by molar-refractivity contribution is 7.13. The molecule has 2 heterocycles. The summed E-state index contributed by atoms with van der Waals surface area (Å²) in [6.45, 7) is 4.16. The summed E-state index contributed by atoms with van der Waals surface area (Å²) in [5.74, 6) is 0. The fourth-order valence-corrected chi connectivity index (χ4v) is 2.77. The lowest BCUT2D eigenvalue weighted by atomic mass is 10.5. The van der Waals surface area contributed by atoms with Gasteiger partial charge in [0.2, 0.25) is 0 Å². The third-order valence-corrected chi connectivity index (χ3v) is 3.47. The minimum absolute atomic E-state index is 0.886. The minimum atomic E-state index is 0.886. The number of rotatable bonds is 2. The Bertz CT molecular complexity index is 365. The highest BCUT2D eigenvalue weighted by Crippen LogP contribution is 2.19. The van der Waals surface area contributed by atoms with E-state index in [1.165, 1.54) is 9.75 Å². The Balaban J connectivity index is 2.14. The van der Waals surface area contributed by atoms with Gasteiger partial charge >= 0.3 is 0 Å². The van der Waals surface area contributed by atoms with Gasteiger partial charge in [-0.3, -0.25) is 0 Å². The van der Waals surface area contributed by atoms with E-state index in [0.29, 0.717) is 0 Å². The molecule has 0 saturated carbocycles. The second-order valence-electron chi connectivity index (χ2n) is 2.91. The summed E-state index contributed by atoms with van der Waals surface area (Å²) in [7, 11) is 0. The van der Waals surface area contributed by atoms with Crippen LogP contribution in [0.2, 0.25) is 0 Å². The van der Waals surface area contributed by atoms with Gasteiger partial charge in [-0.15, -0.1) is 22.7 Å². The van der Waals surface area contributed by atoms with Crippen molar-refractivity contribution < 1.29 is 0 Å². The van der Waals surface area contributed by atoms with Gasteiger partial charge in [-0.05, 0) is 13.8 Å². The van der Waals surface area contributed by atoms with Gasteiger partial charge in [-0.1, -0.05) is 0 Å². The molecule has 0 unspecified atom stereocenters. The van der Waals surface area contributed by atoms with E-state index in [2.05, 4.69) is 23.8 Å². The van der Waals surface area contributed by atoms with Crippen LogP contribution in [-0.4, -0.2) is 9.97 Å². The normalized spacial score (nSPS) is 10.6. The molecule has 2 rings (SSSR count). The van der Waals surface area contributed by atoms with Crippen LogP contribution in [0.15, 0.2) is 12.4 Å². The Labute approximate surface area is 85.3 Å². The van der Waals surface area contributed by atoms with Crippen LogP contribution in [0.5, 0.6) is 0 Å². The van der Waals surface area contributed by atoms with Crippen LogP contribution in [0.4, 0.5) is 0 Å². The zero-order valence-electron chi connectivity index (χ0n) is 7.57. The van der Waals surface area contributed by atoms with Crippen molar-refractivity contribution in [2.24, 2.45) is 0 Å². The molecule has 0 spiro atoms. The quantitative estimate of drug-likeness (QED) is 0.761. The third-order valence-electron chi connectivity index (χ3n) is 1.64. The standard InChI is InChI=1S/C9H10N2S2/c1-6-4-10-8(12-6)3-9-11-5-7(2)13-9/h4-5H,3H2,1-2H3. The van der Waals surface area contributed by atoms with Gasteiger partial charge in [-0.25, -0.2) is 9.97 Å². The first-order valence-electron chi connectivity index (χ1n) is 4.06. The minimum Gasteiger partial charge on any atom is -0.249 e. The molecule has 0 fully saturated rings.